The molecule has 1 aromatic heterocycles. The molecule has 3 heteroatoms. The van der Waals surface area contributed by atoms with E-state index in [0.29, 0.717) is 10.2 Å². The molecule has 0 fully saturated rings. The number of H-pyrrole nitrogens is 2. The molecule has 1 aromatic rings. The summed E-state index contributed by atoms with van der Waals surface area (Å²) in [5, 5.41) is 0. The van der Waals surface area contributed by atoms with Crippen molar-refractivity contribution < 1.29 is 0 Å². The van der Waals surface area contributed by atoms with Crippen LogP contribution in [0.4, 0.5) is 0 Å². The van der Waals surface area contributed by atoms with Gasteiger partial charge in [-0.15, -0.1) is 0 Å². The Kier molecular flexibility index (Phi) is 6.17. The Labute approximate surface area is 111 Å². The Morgan fingerprint density at radius 2 is 1.71 bits per heavy atom. The van der Waals surface area contributed by atoms with Gasteiger partial charge in [0.1, 0.15) is 0 Å². The molecule has 1 heterocycles. The summed E-state index contributed by atoms with van der Waals surface area (Å²) in [6.07, 6.45) is 4.34. The Bertz CT molecular complexity index is 372. The summed E-state index contributed by atoms with van der Waals surface area (Å²) in [5.74, 6) is 0. The van der Waals surface area contributed by atoms with E-state index in [1.54, 1.807) is 0 Å². The van der Waals surface area contributed by atoms with E-state index < -0.39 is 0 Å². The van der Waals surface area contributed by atoms with Gasteiger partial charge in [0.15, 0.2) is 4.77 Å². The van der Waals surface area contributed by atoms with Crippen LogP contribution in [0.5, 0.6) is 0 Å². The second-order valence-corrected chi connectivity index (χ2v) is 6.14. The van der Waals surface area contributed by atoms with Gasteiger partial charge in [-0.25, -0.2) is 0 Å². The molecule has 0 atom stereocenters. The fourth-order valence-corrected chi connectivity index (χ4v) is 2.28. The van der Waals surface area contributed by atoms with Crippen molar-refractivity contribution in [3.8, 4) is 0 Å². The van der Waals surface area contributed by atoms with Crippen molar-refractivity contribution in [1.29, 1.82) is 0 Å². The molecule has 0 radical (unpaired) electrons. The predicted molar refractivity (Wildman–Crippen MR) is 79.0 cm³/mol. The van der Waals surface area contributed by atoms with Gasteiger partial charge in [0.2, 0.25) is 0 Å². The van der Waals surface area contributed by atoms with Gasteiger partial charge in [-0.1, -0.05) is 54.9 Å². The van der Waals surface area contributed by atoms with Gasteiger partial charge >= 0.3 is 0 Å². The molecule has 0 aliphatic rings. The number of aromatic amines is 2. The predicted octanol–water partition coefficient (Wildman–Crippen LogP) is 5.20. The third kappa shape index (κ3) is 5.07. The van der Waals surface area contributed by atoms with E-state index in [-0.39, 0.29) is 5.41 Å². The first-order valence-corrected chi connectivity index (χ1v) is 6.96. The fourth-order valence-electron chi connectivity index (χ4n) is 2.11. The van der Waals surface area contributed by atoms with Gasteiger partial charge in [0.05, 0.1) is 0 Å². The standard InChI is InChI=1S/C12H22N2S.C2H6/c1-6-11(2,3)8-12(4,5)9-7-13-10(15)14-9;1-2/h7H,6,8H2,1-5H3,(H2,13,14,15);1-2H3. The Balaban J connectivity index is 0.00000121. The quantitative estimate of drug-likeness (QED) is 0.713. The molecular formula is C14H28N2S. The van der Waals surface area contributed by atoms with Crippen LogP contribution in [0.15, 0.2) is 6.20 Å². The number of hydrogen-bond acceptors (Lipinski definition) is 1. The molecule has 0 bridgehead atoms. The zero-order valence-electron chi connectivity index (χ0n) is 12.4. The third-order valence-electron chi connectivity index (χ3n) is 3.20. The summed E-state index contributed by atoms with van der Waals surface area (Å²) in [4.78, 5) is 6.26. The van der Waals surface area contributed by atoms with Crippen LogP contribution in [-0.2, 0) is 5.41 Å². The summed E-state index contributed by atoms with van der Waals surface area (Å²) < 4.78 is 0.715. The van der Waals surface area contributed by atoms with Crippen molar-refractivity contribution in [3.05, 3.63) is 16.7 Å². The lowest BCUT2D eigenvalue weighted by atomic mass is 9.72. The Morgan fingerprint density at radius 3 is 2.06 bits per heavy atom. The van der Waals surface area contributed by atoms with E-state index in [1.807, 2.05) is 20.0 Å². The first-order valence-electron chi connectivity index (χ1n) is 6.55. The molecule has 0 saturated heterocycles. The number of imidazole rings is 1. The number of rotatable bonds is 4. The summed E-state index contributed by atoms with van der Waals surface area (Å²) in [6, 6.07) is 0. The van der Waals surface area contributed by atoms with Crippen molar-refractivity contribution >= 4 is 12.2 Å². The molecule has 0 saturated carbocycles. The number of nitrogens with one attached hydrogen (secondary N) is 2. The van der Waals surface area contributed by atoms with Crippen LogP contribution in [0.2, 0.25) is 0 Å². The highest BCUT2D eigenvalue weighted by Gasteiger charge is 2.29. The van der Waals surface area contributed by atoms with Gasteiger partial charge in [-0.3, -0.25) is 0 Å². The average Bonchev–Trinajstić information content (AvgIpc) is 2.67. The molecular weight excluding hydrogens is 228 g/mol. The molecule has 100 valence electrons. The zero-order chi connectivity index (χ0) is 13.7. The van der Waals surface area contributed by atoms with Gasteiger partial charge in [0, 0.05) is 17.3 Å². The molecule has 17 heavy (non-hydrogen) atoms. The van der Waals surface area contributed by atoms with Crippen LogP contribution in [0, 0.1) is 10.2 Å². The summed E-state index contributed by atoms with van der Waals surface area (Å²) >= 11 is 5.06. The monoisotopic (exact) mass is 256 g/mol. The van der Waals surface area contributed by atoms with E-state index in [9.17, 15) is 0 Å². The van der Waals surface area contributed by atoms with Crippen LogP contribution in [-0.4, -0.2) is 9.97 Å². The van der Waals surface area contributed by atoms with Gasteiger partial charge in [-0.05, 0) is 24.1 Å². The molecule has 2 nitrogen and oxygen atoms in total. The van der Waals surface area contributed by atoms with E-state index in [4.69, 9.17) is 12.2 Å². The fraction of sp³-hybridized carbons (Fsp3) is 0.786. The van der Waals surface area contributed by atoms with E-state index in [1.165, 1.54) is 12.1 Å². The zero-order valence-corrected chi connectivity index (χ0v) is 13.2. The molecule has 0 aliphatic heterocycles. The molecule has 0 unspecified atom stereocenters. The highest BCUT2D eigenvalue weighted by atomic mass is 32.1. The highest BCUT2D eigenvalue weighted by molar-refractivity contribution is 7.71. The highest BCUT2D eigenvalue weighted by Crippen LogP contribution is 2.37. The number of hydrogen-bond donors (Lipinski definition) is 2. The topological polar surface area (TPSA) is 31.6 Å². The van der Waals surface area contributed by atoms with Crippen molar-refractivity contribution in [2.24, 2.45) is 5.41 Å². The van der Waals surface area contributed by atoms with Crippen molar-refractivity contribution in [2.45, 2.75) is 66.7 Å². The second kappa shape index (κ2) is 6.39. The summed E-state index contributed by atoms with van der Waals surface area (Å²) in [5.41, 5.74) is 1.72. The SMILES string of the molecule is CC.CCC(C)(C)CC(C)(C)c1c[nH]c(=S)[nH]1. The molecule has 0 aliphatic carbocycles. The van der Waals surface area contributed by atoms with Crippen molar-refractivity contribution in [2.75, 3.05) is 0 Å². The smallest absolute Gasteiger partial charge is 0.174 e. The second-order valence-electron chi connectivity index (χ2n) is 5.73. The van der Waals surface area contributed by atoms with Crippen LogP contribution < -0.4 is 0 Å². The molecule has 1 rings (SSSR count). The minimum atomic E-state index is 0.146. The Morgan fingerprint density at radius 1 is 1.18 bits per heavy atom. The van der Waals surface area contributed by atoms with Crippen LogP contribution in [0.25, 0.3) is 0 Å². The molecule has 0 aromatic carbocycles. The summed E-state index contributed by atoms with van der Waals surface area (Å²) in [6.45, 7) is 15.4. The lowest BCUT2D eigenvalue weighted by molar-refractivity contribution is 0.245. The van der Waals surface area contributed by atoms with Crippen molar-refractivity contribution in [1.82, 2.24) is 9.97 Å². The van der Waals surface area contributed by atoms with Gasteiger partial charge in [0.25, 0.3) is 0 Å². The minimum Gasteiger partial charge on any atom is -0.337 e. The Hall–Kier alpha value is -0.570. The van der Waals surface area contributed by atoms with Gasteiger partial charge in [-0.2, -0.15) is 0 Å². The normalized spacial score (nSPS) is 11.9. The molecule has 0 amide bonds. The van der Waals surface area contributed by atoms with Crippen LogP contribution in [0.3, 0.4) is 0 Å². The lowest BCUT2D eigenvalue weighted by Crippen LogP contribution is -2.26. The first-order chi connectivity index (χ1) is 7.77. The van der Waals surface area contributed by atoms with E-state index >= 15 is 0 Å². The lowest BCUT2D eigenvalue weighted by Gasteiger charge is -2.33. The van der Waals surface area contributed by atoms with E-state index in [0.717, 1.165) is 6.42 Å². The largest absolute Gasteiger partial charge is 0.337 e. The van der Waals surface area contributed by atoms with Crippen LogP contribution >= 0.6 is 12.2 Å². The third-order valence-corrected chi connectivity index (χ3v) is 3.42. The minimum absolute atomic E-state index is 0.146. The number of aromatic nitrogens is 2. The maximum atomic E-state index is 5.06. The average molecular weight is 256 g/mol. The van der Waals surface area contributed by atoms with Crippen molar-refractivity contribution in [3.63, 3.8) is 0 Å². The summed E-state index contributed by atoms with van der Waals surface area (Å²) in [7, 11) is 0. The maximum absolute atomic E-state index is 5.06. The van der Waals surface area contributed by atoms with E-state index in [2.05, 4.69) is 44.6 Å². The van der Waals surface area contributed by atoms with Crippen LogP contribution in [0.1, 0.15) is 67.0 Å². The molecule has 0 spiro atoms. The molecule has 2 N–H and O–H groups in total. The maximum Gasteiger partial charge on any atom is 0.174 e. The van der Waals surface area contributed by atoms with Gasteiger partial charge < -0.3 is 9.97 Å². The first kappa shape index (κ1) is 16.4.